The summed E-state index contributed by atoms with van der Waals surface area (Å²) >= 11 is 0. The maximum atomic E-state index is 12.9. The topological polar surface area (TPSA) is 129 Å². The Morgan fingerprint density at radius 2 is 1.42 bits per heavy atom. The monoisotopic (exact) mass is 619 g/mol. The molecule has 2 fully saturated rings. The van der Waals surface area contributed by atoms with Gasteiger partial charge in [0.25, 0.3) is 0 Å². The van der Waals surface area contributed by atoms with Crippen LogP contribution in [0.3, 0.4) is 0 Å². The van der Waals surface area contributed by atoms with Gasteiger partial charge in [-0.2, -0.15) is 26.3 Å². The minimum atomic E-state index is -5.08. The highest BCUT2D eigenvalue weighted by molar-refractivity contribution is 5.77. The van der Waals surface area contributed by atoms with Crippen molar-refractivity contribution < 1.29 is 55.7 Å². The number of hydrogen-bond acceptors (Lipinski definition) is 6. The zero-order valence-electron chi connectivity index (χ0n) is 22.8. The van der Waals surface area contributed by atoms with E-state index < -0.39 is 24.3 Å². The molecule has 5 rings (SSSR count). The molecule has 1 aliphatic carbocycles. The van der Waals surface area contributed by atoms with Gasteiger partial charge in [0.15, 0.2) is 0 Å². The molecule has 1 amide bonds. The number of alkyl halides is 6. The van der Waals surface area contributed by atoms with Crippen LogP contribution < -0.4 is 5.32 Å². The summed E-state index contributed by atoms with van der Waals surface area (Å²) in [6.45, 7) is 4.60. The second-order valence-electron chi connectivity index (χ2n) is 10.4. The standard InChI is InChI=1S/C24H29N3O2.2C2HF3O2/c28-23(13-17-7-11-29-12-8-17)26-24-20-4-2-1-3-19(20)21-15-27(16-22(21)24)14-18-5-9-25-10-6-18;2*3-2(4,5)1(6)7/h1-6,9-10,17,21-22,24H,7-8,11-16H2,(H,26,28);2*(H,6,7)/t21-,22-,24+;;/m0../s1. The van der Waals surface area contributed by atoms with E-state index >= 15 is 0 Å². The van der Waals surface area contributed by atoms with Gasteiger partial charge in [-0.3, -0.25) is 14.7 Å². The molecule has 3 atom stereocenters. The van der Waals surface area contributed by atoms with Crippen LogP contribution in [0, 0.1) is 11.8 Å². The molecule has 0 spiro atoms. The van der Waals surface area contributed by atoms with Gasteiger partial charge >= 0.3 is 24.3 Å². The third-order valence-corrected chi connectivity index (χ3v) is 7.37. The number of carboxylic acid groups (broad SMARTS) is 2. The zero-order chi connectivity index (χ0) is 31.8. The first-order chi connectivity index (χ1) is 20.2. The van der Waals surface area contributed by atoms with Crippen LogP contribution in [0.15, 0.2) is 48.8 Å². The summed E-state index contributed by atoms with van der Waals surface area (Å²) in [6.07, 6.45) is -3.82. The summed E-state index contributed by atoms with van der Waals surface area (Å²) in [4.78, 5) is 37.3. The summed E-state index contributed by atoms with van der Waals surface area (Å²) in [5, 5.41) is 17.7. The summed E-state index contributed by atoms with van der Waals surface area (Å²) in [5.41, 5.74) is 4.05. The number of nitrogens with one attached hydrogen (secondary N) is 1. The van der Waals surface area contributed by atoms with Crippen molar-refractivity contribution in [3.63, 3.8) is 0 Å². The summed E-state index contributed by atoms with van der Waals surface area (Å²) in [7, 11) is 0. The van der Waals surface area contributed by atoms with Crippen LogP contribution in [0.1, 0.15) is 47.9 Å². The fraction of sp³-hybridized carbons (Fsp3) is 0.500. The Labute approximate surface area is 242 Å². The molecular weight excluding hydrogens is 588 g/mol. The molecule has 0 bridgehead atoms. The quantitative estimate of drug-likeness (QED) is 0.416. The van der Waals surface area contributed by atoms with E-state index in [1.807, 2.05) is 12.4 Å². The highest BCUT2D eigenvalue weighted by Crippen LogP contribution is 2.49. The van der Waals surface area contributed by atoms with Gasteiger partial charge in [0.2, 0.25) is 5.91 Å². The molecule has 3 N–H and O–H groups in total. The molecule has 3 heterocycles. The number of hydrogen-bond donors (Lipinski definition) is 3. The Hall–Kier alpha value is -3.72. The van der Waals surface area contributed by atoms with Crippen molar-refractivity contribution in [1.82, 2.24) is 15.2 Å². The SMILES string of the molecule is O=C(CC1CCOCC1)N[C@@H]1c2ccccc2[C@@H]2CN(Cc3ccncc3)C[C@H]12.O=C(O)C(F)(F)F.O=C(O)C(F)(F)F. The zero-order valence-corrected chi connectivity index (χ0v) is 22.8. The second-order valence-corrected chi connectivity index (χ2v) is 10.4. The molecule has 1 aromatic heterocycles. The number of aromatic nitrogens is 1. The van der Waals surface area contributed by atoms with Crippen LogP contribution in [0.4, 0.5) is 26.3 Å². The molecule has 2 saturated heterocycles. The van der Waals surface area contributed by atoms with Crippen molar-refractivity contribution in [3.8, 4) is 0 Å². The maximum absolute atomic E-state index is 12.9. The number of pyridine rings is 1. The van der Waals surface area contributed by atoms with E-state index in [0.717, 1.165) is 45.7 Å². The minimum Gasteiger partial charge on any atom is -0.475 e. The number of rotatable bonds is 5. The molecule has 236 valence electrons. The number of carboxylic acids is 2. The Morgan fingerprint density at radius 3 is 1.95 bits per heavy atom. The molecule has 3 aliphatic rings. The average molecular weight is 620 g/mol. The lowest BCUT2D eigenvalue weighted by molar-refractivity contribution is -0.193. The van der Waals surface area contributed by atoms with Crippen LogP contribution in [0.5, 0.6) is 0 Å². The van der Waals surface area contributed by atoms with Crippen LogP contribution in [0.25, 0.3) is 0 Å². The Kier molecular flexibility index (Phi) is 11.5. The van der Waals surface area contributed by atoms with Crippen molar-refractivity contribution in [1.29, 1.82) is 0 Å². The number of carbonyl (C=O) groups is 3. The van der Waals surface area contributed by atoms with E-state index in [9.17, 15) is 31.1 Å². The van der Waals surface area contributed by atoms with E-state index in [4.69, 9.17) is 24.5 Å². The Balaban J connectivity index is 0.000000303. The number of fused-ring (bicyclic) bond motifs is 3. The lowest BCUT2D eigenvalue weighted by Gasteiger charge is -2.25. The van der Waals surface area contributed by atoms with Crippen molar-refractivity contribution in [2.45, 2.75) is 50.1 Å². The number of carbonyl (C=O) groups excluding carboxylic acids is 1. The highest BCUT2D eigenvalue weighted by atomic mass is 19.4. The van der Waals surface area contributed by atoms with Crippen LogP contribution in [-0.4, -0.2) is 76.6 Å². The van der Waals surface area contributed by atoms with Gasteiger partial charge in [0.05, 0.1) is 6.04 Å². The number of benzene rings is 1. The van der Waals surface area contributed by atoms with Crippen LogP contribution in [0.2, 0.25) is 0 Å². The van der Waals surface area contributed by atoms with Gasteiger partial charge in [0, 0.05) is 63.5 Å². The van der Waals surface area contributed by atoms with E-state index in [2.05, 4.69) is 51.6 Å². The van der Waals surface area contributed by atoms with Crippen molar-refractivity contribution in [2.24, 2.45) is 11.8 Å². The van der Waals surface area contributed by atoms with E-state index in [0.29, 0.717) is 24.2 Å². The molecule has 9 nitrogen and oxygen atoms in total. The molecule has 1 aromatic carbocycles. The number of amides is 1. The van der Waals surface area contributed by atoms with Gasteiger partial charge in [-0.05, 0) is 47.6 Å². The number of nitrogens with zero attached hydrogens (tertiary/aromatic N) is 2. The lowest BCUT2D eigenvalue weighted by Crippen LogP contribution is -2.35. The normalized spacial score (nSPS) is 21.8. The number of halogens is 6. The van der Waals surface area contributed by atoms with Crippen molar-refractivity contribution in [2.75, 3.05) is 26.3 Å². The van der Waals surface area contributed by atoms with Gasteiger partial charge in [0.1, 0.15) is 0 Å². The van der Waals surface area contributed by atoms with Gasteiger partial charge in [-0.15, -0.1) is 0 Å². The third-order valence-electron chi connectivity index (χ3n) is 7.37. The van der Waals surface area contributed by atoms with Crippen LogP contribution in [-0.2, 0) is 25.7 Å². The molecule has 15 heteroatoms. The molecule has 0 saturated carbocycles. The van der Waals surface area contributed by atoms with E-state index in [-0.39, 0.29) is 11.9 Å². The first-order valence-corrected chi connectivity index (χ1v) is 13.3. The predicted octanol–water partition coefficient (Wildman–Crippen LogP) is 4.55. The Morgan fingerprint density at radius 1 is 0.884 bits per heavy atom. The molecule has 43 heavy (non-hydrogen) atoms. The van der Waals surface area contributed by atoms with Gasteiger partial charge in [-0.25, -0.2) is 9.59 Å². The molecule has 0 radical (unpaired) electrons. The lowest BCUT2D eigenvalue weighted by atomic mass is 9.93. The summed E-state index contributed by atoms with van der Waals surface area (Å²) < 4.78 is 68.9. The second kappa shape index (κ2) is 14.6. The van der Waals surface area contributed by atoms with Gasteiger partial charge < -0.3 is 20.3 Å². The molecule has 2 aromatic rings. The summed E-state index contributed by atoms with van der Waals surface area (Å²) in [6, 6.07) is 13.0. The third kappa shape index (κ3) is 9.92. The van der Waals surface area contributed by atoms with Gasteiger partial charge in [-0.1, -0.05) is 24.3 Å². The smallest absolute Gasteiger partial charge is 0.475 e. The van der Waals surface area contributed by atoms with E-state index in [1.54, 1.807) is 0 Å². The van der Waals surface area contributed by atoms with Crippen molar-refractivity contribution in [3.05, 3.63) is 65.5 Å². The fourth-order valence-electron chi connectivity index (χ4n) is 5.45. The predicted molar refractivity (Wildman–Crippen MR) is 139 cm³/mol. The number of likely N-dealkylation sites (tertiary alicyclic amines) is 1. The molecule has 2 aliphatic heterocycles. The first-order valence-electron chi connectivity index (χ1n) is 13.3. The number of aliphatic carboxylic acids is 2. The van der Waals surface area contributed by atoms with E-state index in [1.165, 1.54) is 16.7 Å². The molecule has 0 unspecified atom stereocenters. The largest absolute Gasteiger partial charge is 0.490 e. The molecular formula is C28H31F6N3O6. The average Bonchev–Trinajstić information content (AvgIpc) is 3.47. The fourth-order valence-corrected chi connectivity index (χ4v) is 5.45. The summed E-state index contributed by atoms with van der Waals surface area (Å²) in [5.74, 6) is -3.90. The first kappa shape index (κ1) is 33.8. The van der Waals surface area contributed by atoms with Crippen molar-refractivity contribution >= 4 is 17.8 Å². The Bertz CT molecular complexity index is 1210. The highest BCUT2D eigenvalue weighted by Gasteiger charge is 2.46. The maximum Gasteiger partial charge on any atom is 0.490 e. The minimum absolute atomic E-state index is 0.131. The van der Waals surface area contributed by atoms with Crippen LogP contribution >= 0.6 is 0 Å². The number of ether oxygens (including phenoxy) is 1.